The van der Waals surface area contributed by atoms with Crippen LogP contribution in [0.3, 0.4) is 0 Å². The van der Waals surface area contributed by atoms with Gasteiger partial charge in [0.05, 0.1) is 0 Å². The predicted molar refractivity (Wildman–Crippen MR) is 202 cm³/mol. The van der Waals surface area contributed by atoms with Gasteiger partial charge in [-0.25, -0.2) is 0 Å². The van der Waals surface area contributed by atoms with Gasteiger partial charge in [0.25, 0.3) is 0 Å². The minimum absolute atomic E-state index is 0.198. The number of benzene rings is 2. The maximum absolute atomic E-state index is 3.63. The van der Waals surface area contributed by atoms with Crippen LogP contribution >= 0.6 is 15.8 Å². The average molecular weight is 727 g/mol. The van der Waals surface area contributed by atoms with Gasteiger partial charge in [-0.05, 0) is 0 Å². The Morgan fingerprint density at radius 1 is 0.510 bits per heavy atom. The van der Waals surface area contributed by atoms with E-state index in [0.717, 1.165) is 32.3 Å². The quantitative estimate of drug-likeness (QED) is 0.188. The second-order valence-corrected chi connectivity index (χ2v) is 52.8. The Morgan fingerprint density at radius 3 is 1.27 bits per heavy atom. The molecule has 8 bridgehead atoms. The summed E-state index contributed by atoms with van der Waals surface area (Å²) >= 11 is 0. The maximum atomic E-state index is 2.63. The molecule has 10 aliphatic heterocycles. The van der Waals surface area contributed by atoms with Crippen molar-refractivity contribution in [3.05, 3.63) is 59.7 Å². The van der Waals surface area contributed by atoms with E-state index in [9.17, 15) is 0 Å². The zero-order valence-corrected chi connectivity index (χ0v) is 32.6. The van der Waals surface area contributed by atoms with E-state index in [1.54, 1.807) is 92.1 Å². The second kappa shape index (κ2) is 4.73. The van der Waals surface area contributed by atoms with Crippen LogP contribution in [-0.2, 0) is 6.51 Å². The standard InChI is InChI=1S/C41H51P2.C5H5.Fe/c1-26-8-3-5-12-38(26)42(39-13-6-4-9-27(39)2)24-32-10-7-11-33(32)25-43(40-34-16-28-14-29(18-34)19-35(40)17-28)41-36-20-30-15-31(22-36)23-37(41)21-30;1-2-4-5-3-1;/h3-13,28-31,34-37,40-41H,14-25H2,1-2H3;1-5H;. The average Bonchev–Trinajstić information content (AvgIpc) is 4.03. The van der Waals surface area contributed by atoms with Crippen LogP contribution in [0.5, 0.6) is 0 Å². The van der Waals surface area contributed by atoms with Crippen LogP contribution in [0.2, 0.25) is 47.2 Å². The number of aryl methyl sites for hydroxylation is 2. The van der Waals surface area contributed by atoms with Crippen molar-refractivity contribution < 1.29 is 6.51 Å². The molecule has 18 aliphatic rings. The van der Waals surface area contributed by atoms with Crippen molar-refractivity contribution in [2.24, 2.45) is 47.3 Å². The first-order chi connectivity index (χ1) is 23.7. The summed E-state index contributed by atoms with van der Waals surface area (Å²) in [6.45, 7) is 1.33. The molecule has 20 rings (SSSR count). The van der Waals surface area contributed by atoms with Crippen molar-refractivity contribution in [2.45, 2.75) is 137 Å². The molecule has 1 spiro atoms. The molecule has 0 radical (unpaired) electrons. The summed E-state index contributed by atoms with van der Waals surface area (Å²) in [6.07, 6.45) is 20.5. The van der Waals surface area contributed by atoms with Gasteiger partial charge in [0.2, 0.25) is 0 Å². The molecule has 18 fully saturated rings. The summed E-state index contributed by atoms with van der Waals surface area (Å²) < 4.78 is 2.01. The Kier molecular flexibility index (Phi) is 2.49. The summed E-state index contributed by atoms with van der Waals surface area (Å²) in [5, 5.41) is 3.59. The van der Waals surface area contributed by atoms with Crippen LogP contribution in [0.4, 0.5) is 0 Å². The fraction of sp³-hybridized carbons (Fsp3) is 0.739. The van der Waals surface area contributed by atoms with E-state index in [-0.39, 0.29) is 15.8 Å². The third kappa shape index (κ3) is 0.917. The molecule has 8 saturated carbocycles. The summed E-state index contributed by atoms with van der Waals surface area (Å²) in [5.41, 5.74) is 5.69. The van der Waals surface area contributed by atoms with E-state index in [4.69, 9.17) is 0 Å². The van der Waals surface area contributed by atoms with Crippen molar-refractivity contribution in [3.8, 4) is 0 Å². The first kappa shape index (κ1) is 25.8. The van der Waals surface area contributed by atoms with E-state index >= 15 is 0 Å². The third-order valence-electron chi connectivity index (χ3n) is 28.2. The Balaban J connectivity index is 0.848. The summed E-state index contributed by atoms with van der Waals surface area (Å²) in [5.74, 6) is 9.33. The SMILES string of the molecule is Cc1ccccc1P(C[C]12[CH]3[CH]4[CH]5[C]1(CP(C1C6CC7CC(C6)CC1C7)C1C6CC7CC(C6)CC1C7)[Fe]43521678[CH]2[CH]1[CH]6[CH]7[CH]28)c1ccccc1C. The molecule has 5 unspecified atom stereocenters. The zero-order valence-electron chi connectivity index (χ0n) is 29.7. The molecular weight excluding hydrogens is 670 g/mol. The molecule has 2 aromatic rings. The van der Waals surface area contributed by atoms with Gasteiger partial charge in [-0.2, -0.15) is 0 Å². The molecule has 2 aromatic carbocycles. The fourth-order valence-electron chi connectivity index (χ4n) is 30.2. The predicted octanol–water partition coefficient (Wildman–Crippen LogP) is 12.0. The van der Waals surface area contributed by atoms with Gasteiger partial charge >= 0.3 is 289 Å². The van der Waals surface area contributed by atoms with Crippen molar-refractivity contribution in [3.63, 3.8) is 0 Å². The molecule has 0 aromatic heterocycles. The first-order valence-corrected chi connectivity index (χ1v) is 31.0. The van der Waals surface area contributed by atoms with Crippen LogP contribution in [0, 0.1) is 61.2 Å². The van der Waals surface area contributed by atoms with E-state index in [1.165, 1.54) is 73.5 Å². The number of fused-ring (bicyclic) bond motifs is 10. The molecule has 10 saturated heterocycles. The van der Waals surface area contributed by atoms with Crippen molar-refractivity contribution in [2.75, 3.05) is 12.3 Å². The molecule has 0 amide bonds. The Labute approximate surface area is 287 Å². The Bertz CT molecular complexity index is 2240. The Hall–Kier alpha value is -0.181. The molecule has 5 atom stereocenters. The van der Waals surface area contributed by atoms with Crippen molar-refractivity contribution in [1.82, 2.24) is 0 Å². The molecule has 0 nitrogen and oxygen atoms in total. The van der Waals surface area contributed by atoms with Crippen molar-refractivity contribution in [1.29, 1.82) is 0 Å². The van der Waals surface area contributed by atoms with Crippen molar-refractivity contribution >= 4 is 26.5 Å². The van der Waals surface area contributed by atoms with Crippen LogP contribution in [0.1, 0.15) is 75.3 Å². The summed E-state index contributed by atoms with van der Waals surface area (Å²) in [7, 11) is -0.0638. The van der Waals surface area contributed by atoms with Gasteiger partial charge in [-0.3, -0.25) is 0 Å². The fourth-order valence-corrected chi connectivity index (χ4v) is 121. The molecular formula is C46H56FeP2. The van der Waals surface area contributed by atoms with E-state index in [1.807, 2.05) is 6.16 Å². The molecule has 0 N–H and O–H groups in total. The topological polar surface area (TPSA) is 0 Å². The second-order valence-electron chi connectivity index (χ2n) is 24.7. The third-order valence-corrected chi connectivity index (χ3v) is 79.9. The molecule has 3 heteroatoms. The van der Waals surface area contributed by atoms with Crippen LogP contribution in [0.25, 0.3) is 0 Å². The van der Waals surface area contributed by atoms with Gasteiger partial charge in [0.1, 0.15) is 0 Å². The van der Waals surface area contributed by atoms with Gasteiger partial charge in [-0.15, -0.1) is 0 Å². The summed E-state index contributed by atoms with van der Waals surface area (Å²) in [4.78, 5) is 11.5. The van der Waals surface area contributed by atoms with E-state index in [0.29, 0.717) is 0 Å². The normalized spacial score (nSPS) is 73.8. The summed E-state index contributed by atoms with van der Waals surface area (Å²) in [6, 6.07) is 19.7. The van der Waals surface area contributed by atoms with Gasteiger partial charge < -0.3 is 0 Å². The molecule has 10 heterocycles. The van der Waals surface area contributed by atoms with E-state index < -0.39 is 6.51 Å². The number of hydrogen-bond acceptors (Lipinski definition) is 0. The number of rotatable bonds is 8. The monoisotopic (exact) mass is 726 g/mol. The minimum atomic E-state index is -3.63. The van der Waals surface area contributed by atoms with Crippen LogP contribution in [-0.4, -0.2) is 23.6 Å². The molecule has 8 aliphatic carbocycles. The Morgan fingerprint density at radius 2 is 0.898 bits per heavy atom. The number of hydrogen-bond donors (Lipinski definition) is 0. The van der Waals surface area contributed by atoms with Crippen LogP contribution < -0.4 is 10.6 Å². The first-order valence-electron chi connectivity index (χ1n) is 21.6. The zero-order chi connectivity index (χ0) is 31.3. The van der Waals surface area contributed by atoms with Crippen LogP contribution in [0.15, 0.2) is 48.5 Å². The molecule has 49 heavy (non-hydrogen) atoms. The van der Waals surface area contributed by atoms with Gasteiger partial charge in [0.15, 0.2) is 0 Å². The van der Waals surface area contributed by atoms with Gasteiger partial charge in [-0.1, -0.05) is 0 Å². The van der Waals surface area contributed by atoms with Gasteiger partial charge in [0, 0.05) is 0 Å². The van der Waals surface area contributed by atoms with E-state index in [2.05, 4.69) is 62.4 Å². The molecule has 258 valence electrons.